The monoisotopic (exact) mass is 353 g/mol. The van der Waals surface area contributed by atoms with Crippen LogP contribution < -0.4 is 5.32 Å². The number of benzene rings is 1. The van der Waals surface area contributed by atoms with E-state index in [0.29, 0.717) is 25.6 Å². The lowest BCUT2D eigenvalue weighted by atomic mass is 10.0. The molecule has 0 radical (unpaired) electrons. The first kappa shape index (κ1) is 16.5. The predicted octanol–water partition coefficient (Wildman–Crippen LogP) is 2.51. The van der Waals surface area contributed by atoms with Crippen LogP contribution in [0, 0.1) is 5.82 Å². The van der Waals surface area contributed by atoms with Crippen molar-refractivity contribution in [1.29, 1.82) is 0 Å². The molecule has 26 heavy (non-hydrogen) atoms. The van der Waals surface area contributed by atoms with Crippen LogP contribution in [-0.4, -0.2) is 44.5 Å². The van der Waals surface area contributed by atoms with Crippen molar-refractivity contribution < 1.29 is 9.18 Å². The minimum Gasteiger partial charge on any atom is -0.379 e. The van der Waals surface area contributed by atoms with Gasteiger partial charge in [-0.15, -0.1) is 0 Å². The number of aromatic nitrogens is 3. The number of pyridine rings is 1. The quantitative estimate of drug-likeness (QED) is 0.783. The van der Waals surface area contributed by atoms with Gasteiger partial charge in [0.05, 0.1) is 12.1 Å². The van der Waals surface area contributed by atoms with Crippen LogP contribution in [0.2, 0.25) is 0 Å². The first-order chi connectivity index (χ1) is 12.7. The molecule has 0 aliphatic carbocycles. The number of nitrogens with one attached hydrogen (secondary N) is 1. The maximum absolute atomic E-state index is 13.0. The molecule has 0 unspecified atom stereocenters. The Hall–Kier alpha value is -2.96. The molecule has 1 N–H and O–H groups in total. The molecule has 1 fully saturated rings. The fourth-order valence-electron chi connectivity index (χ4n) is 3.34. The molecule has 3 heterocycles. The highest BCUT2D eigenvalue weighted by atomic mass is 19.1. The molecule has 0 atom stereocenters. The van der Waals surface area contributed by atoms with Crippen molar-refractivity contribution in [3.8, 4) is 0 Å². The Balaban J connectivity index is 1.33. The smallest absolute Gasteiger partial charge is 0.226 e. The van der Waals surface area contributed by atoms with Crippen molar-refractivity contribution in [1.82, 2.24) is 19.5 Å². The van der Waals surface area contributed by atoms with E-state index >= 15 is 0 Å². The van der Waals surface area contributed by atoms with Gasteiger partial charge >= 0.3 is 0 Å². The number of anilines is 1. The van der Waals surface area contributed by atoms with Gasteiger partial charge in [-0.1, -0.05) is 12.1 Å². The largest absolute Gasteiger partial charge is 0.379 e. The average molecular weight is 353 g/mol. The molecule has 0 saturated carbocycles. The minimum atomic E-state index is -0.282. The normalized spacial score (nSPS) is 15.3. The molecule has 1 aliphatic rings. The zero-order chi connectivity index (χ0) is 17.9. The molecule has 1 aliphatic heterocycles. The summed E-state index contributed by atoms with van der Waals surface area (Å²) in [5.74, 6) is -0.189. The Morgan fingerprint density at radius 1 is 1.19 bits per heavy atom. The Labute approximate surface area is 150 Å². The Kier molecular flexibility index (Phi) is 4.51. The number of amides is 1. The number of fused-ring (bicyclic) bond motifs is 1. The highest BCUT2D eigenvalue weighted by Crippen LogP contribution is 2.20. The summed E-state index contributed by atoms with van der Waals surface area (Å²) in [7, 11) is 0. The van der Waals surface area contributed by atoms with Gasteiger partial charge in [-0.25, -0.2) is 13.9 Å². The zero-order valence-electron chi connectivity index (χ0n) is 14.3. The number of carbonyl (C=O) groups excluding carboxylic acids is 1. The van der Waals surface area contributed by atoms with Crippen LogP contribution in [0.1, 0.15) is 18.4 Å². The fourth-order valence-corrected chi connectivity index (χ4v) is 3.34. The van der Waals surface area contributed by atoms with Gasteiger partial charge in [0, 0.05) is 25.3 Å². The Morgan fingerprint density at radius 3 is 2.73 bits per heavy atom. The van der Waals surface area contributed by atoms with Crippen LogP contribution in [0.4, 0.5) is 10.1 Å². The molecule has 6 nitrogen and oxygen atoms in total. The number of rotatable bonds is 4. The van der Waals surface area contributed by atoms with E-state index in [4.69, 9.17) is 0 Å². The summed E-state index contributed by atoms with van der Waals surface area (Å²) < 4.78 is 14.7. The van der Waals surface area contributed by atoms with Gasteiger partial charge in [-0.05, 0) is 42.7 Å². The summed E-state index contributed by atoms with van der Waals surface area (Å²) in [4.78, 5) is 18.6. The van der Waals surface area contributed by atoms with E-state index < -0.39 is 0 Å². The van der Waals surface area contributed by atoms with Crippen molar-refractivity contribution in [2.24, 2.45) is 0 Å². The summed E-state index contributed by atoms with van der Waals surface area (Å²) in [6, 6.07) is 10.4. The number of nitrogens with zero attached hydrogens (tertiary/aromatic N) is 4. The van der Waals surface area contributed by atoms with E-state index in [2.05, 4.69) is 15.4 Å². The van der Waals surface area contributed by atoms with Crippen LogP contribution in [0.15, 0.2) is 48.9 Å². The standard InChI is InChI=1S/C19H20FN5O/c20-15-5-3-14(4-6-15)12-18(26)24-10-7-16(8-11-24)23-17-2-1-9-25-19(17)21-13-22-25/h1-6,9,13,16,23H,7-8,10-12H2. The van der Waals surface area contributed by atoms with E-state index in [1.165, 1.54) is 18.5 Å². The van der Waals surface area contributed by atoms with Crippen LogP contribution in [0.25, 0.3) is 5.65 Å². The summed E-state index contributed by atoms with van der Waals surface area (Å²) in [6.07, 6.45) is 5.48. The molecule has 1 amide bonds. The van der Waals surface area contributed by atoms with E-state index in [9.17, 15) is 9.18 Å². The van der Waals surface area contributed by atoms with Crippen molar-refractivity contribution >= 4 is 17.2 Å². The SMILES string of the molecule is O=C(Cc1ccc(F)cc1)N1CCC(Nc2cccn3ncnc23)CC1. The van der Waals surface area contributed by atoms with Crippen molar-refractivity contribution in [2.75, 3.05) is 18.4 Å². The molecule has 0 bridgehead atoms. The fraction of sp³-hybridized carbons (Fsp3) is 0.316. The number of carbonyl (C=O) groups is 1. The molecule has 2 aromatic heterocycles. The lowest BCUT2D eigenvalue weighted by molar-refractivity contribution is -0.131. The van der Waals surface area contributed by atoms with Gasteiger partial charge in [0.25, 0.3) is 0 Å². The highest BCUT2D eigenvalue weighted by molar-refractivity contribution is 5.79. The maximum atomic E-state index is 13.0. The lowest BCUT2D eigenvalue weighted by Gasteiger charge is -2.33. The second kappa shape index (κ2) is 7.11. The molecule has 1 aromatic carbocycles. The minimum absolute atomic E-state index is 0.0922. The molecule has 134 valence electrons. The molecule has 7 heteroatoms. The third-order valence-corrected chi connectivity index (χ3v) is 4.78. The number of halogens is 1. The van der Waals surface area contributed by atoms with E-state index in [1.54, 1.807) is 16.6 Å². The predicted molar refractivity (Wildman–Crippen MR) is 96.3 cm³/mol. The van der Waals surface area contributed by atoms with Gasteiger partial charge in [-0.3, -0.25) is 4.79 Å². The average Bonchev–Trinajstić information content (AvgIpc) is 3.14. The van der Waals surface area contributed by atoms with Crippen LogP contribution in [0.5, 0.6) is 0 Å². The van der Waals surface area contributed by atoms with Crippen LogP contribution in [0.3, 0.4) is 0 Å². The molecule has 1 saturated heterocycles. The number of piperidine rings is 1. The van der Waals surface area contributed by atoms with Crippen LogP contribution in [-0.2, 0) is 11.2 Å². The molecule has 4 rings (SSSR count). The van der Waals surface area contributed by atoms with E-state index in [-0.39, 0.29) is 11.7 Å². The molecular formula is C19H20FN5O. The molecule has 3 aromatic rings. The van der Waals surface area contributed by atoms with Crippen LogP contribution >= 0.6 is 0 Å². The summed E-state index contributed by atoms with van der Waals surface area (Å²) in [6.45, 7) is 1.43. The third-order valence-electron chi connectivity index (χ3n) is 4.78. The molecule has 0 spiro atoms. The van der Waals surface area contributed by atoms with Gasteiger partial charge in [0.2, 0.25) is 5.91 Å². The summed E-state index contributed by atoms with van der Waals surface area (Å²) >= 11 is 0. The van der Waals surface area contributed by atoms with E-state index in [0.717, 1.165) is 29.7 Å². The Bertz CT molecular complexity index is 900. The molecular weight excluding hydrogens is 333 g/mol. The van der Waals surface area contributed by atoms with Gasteiger partial charge in [0.1, 0.15) is 12.1 Å². The third kappa shape index (κ3) is 3.51. The Morgan fingerprint density at radius 2 is 1.96 bits per heavy atom. The van der Waals surface area contributed by atoms with Crippen molar-refractivity contribution in [3.63, 3.8) is 0 Å². The highest BCUT2D eigenvalue weighted by Gasteiger charge is 2.23. The van der Waals surface area contributed by atoms with E-state index in [1.807, 2.05) is 23.2 Å². The van der Waals surface area contributed by atoms with Gasteiger partial charge in [-0.2, -0.15) is 5.10 Å². The summed E-state index contributed by atoms with van der Waals surface area (Å²) in [5.41, 5.74) is 2.61. The number of hydrogen-bond acceptors (Lipinski definition) is 4. The van der Waals surface area contributed by atoms with Gasteiger partial charge in [0.15, 0.2) is 5.65 Å². The lowest BCUT2D eigenvalue weighted by Crippen LogP contribution is -2.43. The number of hydrogen-bond donors (Lipinski definition) is 1. The second-order valence-electron chi connectivity index (χ2n) is 6.55. The van der Waals surface area contributed by atoms with Crippen molar-refractivity contribution in [2.45, 2.75) is 25.3 Å². The van der Waals surface area contributed by atoms with Gasteiger partial charge < -0.3 is 10.2 Å². The second-order valence-corrected chi connectivity index (χ2v) is 6.55. The maximum Gasteiger partial charge on any atom is 0.226 e. The number of likely N-dealkylation sites (tertiary alicyclic amines) is 1. The van der Waals surface area contributed by atoms with Crippen molar-refractivity contribution in [3.05, 3.63) is 60.3 Å². The topological polar surface area (TPSA) is 62.5 Å². The first-order valence-corrected chi connectivity index (χ1v) is 8.76. The first-order valence-electron chi connectivity index (χ1n) is 8.76. The summed E-state index contributed by atoms with van der Waals surface area (Å²) in [5, 5.41) is 7.66. The zero-order valence-corrected chi connectivity index (χ0v) is 14.3.